The van der Waals surface area contributed by atoms with Crippen molar-refractivity contribution in [2.45, 2.75) is 39.9 Å². The fourth-order valence-corrected chi connectivity index (χ4v) is 3.03. The Bertz CT molecular complexity index is 1010. The minimum atomic E-state index is -0.319. The molecule has 0 unspecified atom stereocenters. The van der Waals surface area contributed by atoms with E-state index in [4.69, 9.17) is 9.68 Å². The number of nitriles is 1. The summed E-state index contributed by atoms with van der Waals surface area (Å²) in [7, 11) is 0. The van der Waals surface area contributed by atoms with E-state index in [1.165, 1.54) is 0 Å². The topological polar surface area (TPSA) is 57.2 Å². The molecule has 0 fully saturated rings. The molecule has 0 radical (unpaired) electrons. The zero-order valence-corrected chi connectivity index (χ0v) is 15.3. The van der Waals surface area contributed by atoms with Gasteiger partial charge in [-0.15, -0.1) is 0 Å². The van der Waals surface area contributed by atoms with Gasteiger partial charge in [0.05, 0.1) is 11.6 Å². The quantitative estimate of drug-likeness (QED) is 0.643. The largest absolute Gasteiger partial charge is 0.423 e. The Balaban J connectivity index is 1.92. The molecule has 2 aromatic carbocycles. The maximum Gasteiger partial charge on any atom is 0.336 e. The molecular weight excluding hydrogens is 324 g/mol. The fourth-order valence-electron chi connectivity index (χ4n) is 3.03. The van der Waals surface area contributed by atoms with E-state index in [1.807, 2.05) is 49.4 Å². The molecule has 1 aromatic heterocycles. The van der Waals surface area contributed by atoms with Crippen molar-refractivity contribution in [3.63, 3.8) is 0 Å². The van der Waals surface area contributed by atoms with E-state index < -0.39 is 0 Å². The molecule has 4 nitrogen and oxygen atoms in total. The molecule has 132 valence electrons. The number of rotatable bonds is 5. The summed E-state index contributed by atoms with van der Waals surface area (Å²) in [6, 6.07) is 17.6. The highest BCUT2D eigenvalue weighted by Gasteiger charge is 2.14. The van der Waals surface area contributed by atoms with Crippen molar-refractivity contribution in [2.75, 3.05) is 0 Å². The van der Waals surface area contributed by atoms with Gasteiger partial charge in [-0.25, -0.2) is 4.79 Å². The van der Waals surface area contributed by atoms with Crippen LogP contribution in [0.2, 0.25) is 0 Å². The number of aryl methyl sites for hydroxylation is 1. The average Bonchev–Trinajstić information content (AvgIpc) is 2.61. The third kappa shape index (κ3) is 4.01. The van der Waals surface area contributed by atoms with Crippen LogP contribution in [0.5, 0.6) is 0 Å². The van der Waals surface area contributed by atoms with Gasteiger partial charge in [-0.2, -0.15) is 5.26 Å². The van der Waals surface area contributed by atoms with Gasteiger partial charge in [0.2, 0.25) is 0 Å². The van der Waals surface area contributed by atoms with Crippen LogP contribution < -0.4 is 5.63 Å². The lowest BCUT2D eigenvalue weighted by Crippen LogP contribution is -2.30. The molecule has 0 saturated heterocycles. The van der Waals surface area contributed by atoms with Crippen LogP contribution in [0.4, 0.5) is 0 Å². The number of hydrogen-bond acceptors (Lipinski definition) is 4. The summed E-state index contributed by atoms with van der Waals surface area (Å²) in [5, 5.41) is 9.91. The third-order valence-corrected chi connectivity index (χ3v) is 4.56. The van der Waals surface area contributed by atoms with Crippen molar-refractivity contribution in [1.82, 2.24) is 4.90 Å². The fraction of sp³-hybridized carbons (Fsp3) is 0.273. The van der Waals surface area contributed by atoms with Crippen LogP contribution in [0.15, 0.2) is 57.7 Å². The van der Waals surface area contributed by atoms with Gasteiger partial charge in [0.1, 0.15) is 5.58 Å². The summed E-state index contributed by atoms with van der Waals surface area (Å²) in [4.78, 5) is 14.3. The van der Waals surface area contributed by atoms with E-state index >= 15 is 0 Å². The molecule has 0 atom stereocenters. The second-order valence-corrected chi connectivity index (χ2v) is 6.90. The lowest BCUT2D eigenvalue weighted by atomic mass is 10.1. The van der Waals surface area contributed by atoms with Crippen LogP contribution >= 0.6 is 0 Å². The summed E-state index contributed by atoms with van der Waals surface area (Å²) >= 11 is 0. The summed E-state index contributed by atoms with van der Waals surface area (Å²) in [6.45, 7) is 7.67. The molecule has 0 saturated carbocycles. The van der Waals surface area contributed by atoms with Gasteiger partial charge in [-0.3, -0.25) is 4.90 Å². The molecule has 0 aliphatic heterocycles. The Hall–Kier alpha value is -2.90. The maximum absolute atomic E-state index is 12.0. The number of hydrogen-bond donors (Lipinski definition) is 0. The van der Waals surface area contributed by atoms with Crippen molar-refractivity contribution in [3.05, 3.63) is 81.2 Å². The molecule has 3 rings (SSSR count). The summed E-state index contributed by atoms with van der Waals surface area (Å²) in [6.07, 6.45) is 0. The molecule has 0 spiro atoms. The first-order chi connectivity index (χ1) is 12.5. The van der Waals surface area contributed by atoms with Crippen molar-refractivity contribution >= 4 is 11.0 Å². The van der Waals surface area contributed by atoms with E-state index in [0.29, 0.717) is 23.7 Å². The first-order valence-electron chi connectivity index (χ1n) is 8.73. The SMILES string of the molecule is Cc1ccc2c(CN(Cc3ccc(C#N)cc3)C(C)C)cc(=O)oc2c1. The molecular formula is C22H22N2O2. The Kier molecular flexibility index (Phi) is 5.20. The molecule has 0 N–H and O–H groups in total. The smallest absolute Gasteiger partial charge is 0.336 e. The predicted octanol–water partition coefficient (Wildman–Crippen LogP) is 4.38. The highest BCUT2D eigenvalue weighted by molar-refractivity contribution is 5.80. The Morgan fingerprint density at radius 1 is 1.08 bits per heavy atom. The summed E-state index contributed by atoms with van der Waals surface area (Å²) < 4.78 is 5.36. The highest BCUT2D eigenvalue weighted by atomic mass is 16.4. The van der Waals surface area contributed by atoms with Crippen LogP contribution in [0, 0.1) is 18.3 Å². The third-order valence-electron chi connectivity index (χ3n) is 4.56. The predicted molar refractivity (Wildman–Crippen MR) is 103 cm³/mol. The van der Waals surface area contributed by atoms with E-state index in [1.54, 1.807) is 6.07 Å². The van der Waals surface area contributed by atoms with Crippen molar-refractivity contribution < 1.29 is 4.42 Å². The molecule has 4 heteroatoms. The first kappa shape index (κ1) is 17.9. The number of benzene rings is 2. The minimum Gasteiger partial charge on any atom is -0.423 e. The zero-order valence-electron chi connectivity index (χ0n) is 15.3. The molecule has 0 aliphatic rings. The van der Waals surface area contributed by atoms with E-state index in [-0.39, 0.29) is 5.63 Å². The first-order valence-corrected chi connectivity index (χ1v) is 8.73. The summed E-state index contributed by atoms with van der Waals surface area (Å²) in [5.74, 6) is 0. The molecule has 0 amide bonds. The Labute approximate surface area is 153 Å². The summed E-state index contributed by atoms with van der Waals surface area (Å²) in [5.41, 5.74) is 4.15. The molecule has 1 heterocycles. The van der Waals surface area contributed by atoms with Crippen molar-refractivity contribution in [2.24, 2.45) is 0 Å². The second kappa shape index (κ2) is 7.55. The van der Waals surface area contributed by atoms with Gasteiger partial charge in [-0.1, -0.05) is 24.3 Å². The highest BCUT2D eigenvalue weighted by Crippen LogP contribution is 2.22. The van der Waals surface area contributed by atoms with E-state index in [2.05, 4.69) is 24.8 Å². The van der Waals surface area contributed by atoms with Crippen LogP contribution in [0.1, 0.15) is 36.1 Å². The van der Waals surface area contributed by atoms with Gasteiger partial charge in [0, 0.05) is 30.6 Å². The zero-order chi connectivity index (χ0) is 18.7. The normalized spacial score (nSPS) is 11.2. The second-order valence-electron chi connectivity index (χ2n) is 6.90. The molecule has 0 bridgehead atoms. The lowest BCUT2D eigenvalue weighted by Gasteiger charge is -2.27. The van der Waals surface area contributed by atoms with E-state index in [0.717, 1.165) is 28.6 Å². The Morgan fingerprint density at radius 3 is 2.46 bits per heavy atom. The maximum atomic E-state index is 12.0. The van der Waals surface area contributed by atoms with Crippen LogP contribution in [0.25, 0.3) is 11.0 Å². The van der Waals surface area contributed by atoms with Crippen molar-refractivity contribution in [3.8, 4) is 6.07 Å². The van der Waals surface area contributed by atoms with Crippen LogP contribution in [-0.2, 0) is 13.1 Å². The van der Waals surface area contributed by atoms with Gasteiger partial charge in [0.15, 0.2) is 0 Å². The van der Waals surface area contributed by atoms with Gasteiger partial charge < -0.3 is 4.42 Å². The van der Waals surface area contributed by atoms with Crippen molar-refractivity contribution in [1.29, 1.82) is 5.26 Å². The molecule has 26 heavy (non-hydrogen) atoms. The lowest BCUT2D eigenvalue weighted by molar-refractivity contribution is 0.204. The standard InChI is InChI=1S/C22H22N2O2/c1-15(2)24(13-18-7-5-17(12-23)6-8-18)14-19-11-22(25)26-21-10-16(3)4-9-20(19)21/h4-11,15H,13-14H2,1-3H3. The van der Waals surface area contributed by atoms with Crippen LogP contribution in [0.3, 0.4) is 0 Å². The molecule has 0 aliphatic carbocycles. The number of nitrogens with zero attached hydrogens (tertiary/aromatic N) is 2. The van der Waals surface area contributed by atoms with E-state index in [9.17, 15) is 4.79 Å². The average molecular weight is 346 g/mol. The number of fused-ring (bicyclic) bond motifs is 1. The Morgan fingerprint density at radius 2 is 1.81 bits per heavy atom. The minimum absolute atomic E-state index is 0.304. The van der Waals surface area contributed by atoms with Gasteiger partial charge >= 0.3 is 5.63 Å². The monoisotopic (exact) mass is 346 g/mol. The van der Waals surface area contributed by atoms with Gasteiger partial charge in [0.25, 0.3) is 0 Å². The molecule has 3 aromatic rings. The van der Waals surface area contributed by atoms with Gasteiger partial charge in [-0.05, 0) is 55.7 Å². The van der Waals surface area contributed by atoms with Crippen LogP contribution in [-0.4, -0.2) is 10.9 Å².